The van der Waals surface area contributed by atoms with Crippen molar-refractivity contribution in [1.29, 1.82) is 5.26 Å². The Hall–Kier alpha value is -2.16. The number of aromatic nitrogens is 2. The molecule has 1 aliphatic rings. The van der Waals surface area contributed by atoms with Crippen LogP contribution in [0.2, 0.25) is 0 Å². The summed E-state index contributed by atoms with van der Waals surface area (Å²) in [6, 6.07) is 9.66. The predicted molar refractivity (Wildman–Crippen MR) is 93.0 cm³/mol. The lowest BCUT2D eigenvalue weighted by molar-refractivity contribution is 0.0695. The Kier molecular flexibility index (Phi) is 5.29. The summed E-state index contributed by atoms with van der Waals surface area (Å²) in [7, 11) is 1.92. The van der Waals surface area contributed by atoms with Gasteiger partial charge in [-0.2, -0.15) is 10.4 Å². The van der Waals surface area contributed by atoms with Gasteiger partial charge < -0.3 is 10.4 Å². The van der Waals surface area contributed by atoms with Gasteiger partial charge in [0, 0.05) is 37.5 Å². The monoisotopic (exact) mass is 324 g/mol. The Morgan fingerprint density at radius 3 is 2.75 bits per heavy atom. The van der Waals surface area contributed by atoms with Gasteiger partial charge in [-0.3, -0.25) is 4.68 Å². The Morgan fingerprint density at radius 2 is 2.04 bits per heavy atom. The van der Waals surface area contributed by atoms with Crippen LogP contribution in [0, 0.1) is 17.2 Å². The Morgan fingerprint density at radius 1 is 1.29 bits per heavy atom. The number of nitrogens with one attached hydrogen (secondary N) is 1. The van der Waals surface area contributed by atoms with Crippen LogP contribution < -0.4 is 5.32 Å². The van der Waals surface area contributed by atoms with Crippen LogP contribution in [0.25, 0.3) is 11.3 Å². The number of rotatable bonds is 5. The largest absolute Gasteiger partial charge is 0.393 e. The molecule has 2 unspecified atom stereocenters. The smallest absolute Gasteiger partial charge is 0.0991 e. The Balaban J connectivity index is 1.66. The molecule has 5 heteroatoms. The maximum Gasteiger partial charge on any atom is 0.0991 e. The molecule has 24 heavy (non-hydrogen) atoms. The van der Waals surface area contributed by atoms with E-state index in [1.54, 1.807) is 0 Å². The van der Waals surface area contributed by atoms with Crippen LogP contribution in [0.1, 0.15) is 36.8 Å². The minimum absolute atomic E-state index is 0.168. The number of nitrogens with zero attached hydrogens (tertiary/aromatic N) is 3. The summed E-state index contributed by atoms with van der Waals surface area (Å²) in [5.74, 6) is 0.355. The van der Waals surface area contributed by atoms with Gasteiger partial charge in [-0.15, -0.1) is 0 Å². The van der Waals surface area contributed by atoms with Crippen molar-refractivity contribution in [3.8, 4) is 17.3 Å². The minimum atomic E-state index is -0.168. The number of nitriles is 1. The molecule has 1 aromatic heterocycles. The zero-order valence-corrected chi connectivity index (χ0v) is 14.1. The van der Waals surface area contributed by atoms with Crippen LogP contribution in [0.15, 0.2) is 30.5 Å². The third-order valence-electron chi connectivity index (χ3n) is 4.78. The van der Waals surface area contributed by atoms with Crippen LogP contribution in [0.5, 0.6) is 0 Å². The van der Waals surface area contributed by atoms with E-state index in [1.807, 2.05) is 42.2 Å². The molecule has 3 rings (SSSR count). The fraction of sp³-hybridized carbons (Fsp3) is 0.474. The van der Waals surface area contributed by atoms with Crippen molar-refractivity contribution >= 4 is 0 Å². The molecule has 0 aliphatic heterocycles. The summed E-state index contributed by atoms with van der Waals surface area (Å²) in [6.45, 7) is 1.56. The number of aliphatic hydroxyl groups is 1. The first-order chi connectivity index (χ1) is 11.7. The number of aryl methyl sites for hydroxylation is 1. The third kappa shape index (κ3) is 3.84. The molecule has 126 valence electrons. The standard InChI is InChI=1S/C19H24N4O/c1-23-13-17(12-21-11-16-4-2-3-5-18(16)24)19(22-23)15-8-6-14(10-20)7-9-15/h6-9,13,16,18,21,24H,2-5,11-12H2,1H3. The summed E-state index contributed by atoms with van der Waals surface area (Å²) < 4.78 is 1.82. The van der Waals surface area contributed by atoms with E-state index >= 15 is 0 Å². The zero-order valence-electron chi connectivity index (χ0n) is 14.1. The molecule has 0 bridgehead atoms. The summed E-state index contributed by atoms with van der Waals surface area (Å²) in [4.78, 5) is 0. The van der Waals surface area contributed by atoms with Gasteiger partial charge in [-0.05, 0) is 30.9 Å². The summed E-state index contributed by atoms with van der Waals surface area (Å²) in [5.41, 5.74) is 3.75. The predicted octanol–water partition coefficient (Wildman–Crippen LogP) is 2.60. The van der Waals surface area contributed by atoms with Crippen molar-refractivity contribution in [2.24, 2.45) is 13.0 Å². The average molecular weight is 324 g/mol. The number of aliphatic hydroxyl groups excluding tert-OH is 1. The van der Waals surface area contributed by atoms with Crippen LogP contribution in [0.3, 0.4) is 0 Å². The highest BCUT2D eigenvalue weighted by Crippen LogP contribution is 2.25. The molecule has 2 N–H and O–H groups in total. The molecule has 2 aromatic rings. The summed E-state index contributed by atoms with van der Waals surface area (Å²) in [5, 5.41) is 27.0. The second-order valence-corrected chi connectivity index (χ2v) is 6.61. The normalized spacial score (nSPS) is 20.7. The second-order valence-electron chi connectivity index (χ2n) is 6.61. The molecular formula is C19H24N4O. The van der Waals surface area contributed by atoms with Gasteiger partial charge in [-0.1, -0.05) is 25.0 Å². The van der Waals surface area contributed by atoms with E-state index in [9.17, 15) is 5.11 Å². The van der Waals surface area contributed by atoms with E-state index in [4.69, 9.17) is 5.26 Å². The SMILES string of the molecule is Cn1cc(CNCC2CCCCC2O)c(-c2ccc(C#N)cc2)n1. The number of benzene rings is 1. The van der Waals surface area contributed by atoms with Crippen LogP contribution >= 0.6 is 0 Å². The summed E-state index contributed by atoms with van der Waals surface area (Å²) in [6.07, 6.45) is 6.24. The van der Waals surface area contributed by atoms with Crippen molar-refractivity contribution in [2.45, 2.75) is 38.3 Å². The Bertz CT molecular complexity index is 714. The first kappa shape index (κ1) is 16.7. The summed E-state index contributed by atoms with van der Waals surface area (Å²) >= 11 is 0. The van der Waals surface area contributed by atoms with Gasteiger partial charge in [0.15, 0.2) is 0 Å². The average Bonchev–Trinajstić information content (AvgIpc) is 2.97. The van der Waals surface area contributed by atoms with Crippen molar-refractivity contribution in [3.63, 3.8) is 0 Å². The van der Waals surface area contributed by atoms with Gasteiger partial charge in [-0.25, -0.2) is 0 Å². The van der Waals surface area contributed by atoms with Gasteiger partial charge >= 0.3 is 0 Å². The first-order valence-corrected chi connectivity index (χ1v) is 8.59. The molecule has 1 saturated carbocycles. The number of hydrogen-bond donors (Lipinski definition) is 2. The lowest BCUT2D eigenvalue weighted by atomic mass is 9.86. The maximum absolute atomic E-state index is 10.1. The maximum atomic E-state index is 10.1. The quantitative estimate of drug-likeness (QED) is 0.886. The van der Waals surface area contributed by atoms with E-state index in [-0.39, 0.29) is 6.10 Å². The second kappa shape index (κ2) is 7.61. The van der Waals surface area contributed by atoms with Crippen LogP contribution in [-0.4, -0.2) is 27.5 Å². The van der Waals surface area contributed by atoms with Gasteiger partial charge in [0.25, 0.3) is 0 Å². The van der Waals surface area contributed by atoms with Gasteiger partial charge in [0.05, 0.1) is 23.4 Å². The van der Waals surface area contributed by atoms with E-state index in [2.05, 4.69) is 16.5 Å². The fourth-order valence-electron chi connectivity index (χ4n) is 3.43. The molecule has 2 atom stereocenters. The van der Waals surface area contributed by atoms with Crippen molar-refractivity contribution in [2.75, 3.05) is 6.54 Å². The first-order valence-electron chi connectivity index (χ1n) is 8.59. The highest BCUT2D eigenvalue weighted by molar-refractivity contribution is 5.63. The van der Waals surface area contributed by atoms with E-state index in [1.165, 1.54) is 6.42 Å². The molecule has 0 amide bonds. The van der Waals surface area contributed by atoms with E-state index in [0.29, 0.717) is 11.5 Å². The zero-order chi connectivity index (χ0) is 16.9. The van der Waals surface area contributed by atoms with Crippen molar-refractivity contribution in [3.05, 3.63) is 41.6 Å². The van der Waals surface area contributed by atoms with Crippen LogP contribution in [0.4, 0.5) is 0 Å². The molecular weight excluding hydrogens is 300 g/mol. The van der Waals surface area contributed by atoms with Gasteiger partial charge in [0.2, 0.25) is 0 Å². The van der Waals surface area contributed by atoms with E-state index in [0.717, 1.165) is 49.2 Å². The minimum Gasteiger partial charge on any atom is -0.393 e. The lowest BCUT2D eigenvalue weighted by Crippen LogP contribution is -2.33. The van der Waals surface area contributed by atoms with Crippen LogP contribution in [-0.2, 0) is 13.6 Å². The highest BCUT2D eigenvalue weighted by atomic mass is 16.3. The Labute approximate surface area is 142 Å². The molecule has 1 heterocycles. The molecule has 0 saturated heterocycles. The molecule has 0 radical (unpaired) electrons. The molecule has 0 spiro atoms. The third-order valence-corrected chi connectivity index (χ3v) is 4.78. The molecule has 5 nitrogen and oxygen atoms in total. The van der Waals surface area contributed by atoms with Gasteiger partial charge in [0.1, 0.15) is 0 Å². The van der Waals surface area contributed by atoms with Crippen molar-refractivity contribution < 1.29 is 5.11 Å². The fourth-order valence-corrected chi connectivity index (χ4v) is 3.43. The lowest BCUT2D eigenvalue weighted by Gasteiger charge is -2.27. The highest BCUT2D eigenvalue weighted by Gasteiger charge is 2.22. The number of hydrogen-bond acceptors (Lipinski definition) is 4. The molecule has 1 fully saturated rings. The van der Waals surface area contributed by atoms with Crippen molar-refractivity contribution in [1.82, 2.24) is 15.1 Å². The molecule has 1 aromatic carbocycles. The topological polar surface area (TPSA) is 73.9 Å². The molecule has 1 aliphatic carbocycles. The van der Waals surface area contributed by atoms with E-state index < -0.39 is 0 Å².